The fraction of sp³-hybridized carbons (Fsp3) is 0.211. The lowest BCUT2D eigenvalue weighted by Crippen LogP contribution is -2.17. The minimum Gasteiger partial charge on any atom is -0.493 e. The molecule has 27 heavy (non-hydrogen) atoms. The molecule has 0 aliphatic heterocycles. The van der Waals surface area contributed by atoms with Gasteiger partial charge in [-0.1, -0.05) is 6.07 Å². The summed E-state index contributed by atoms with van der Waals surface area (Å²) in [5.41, 5.74) is 0.897. The maximum atomic E-state index is 12.8. The Morgan fingerprint density at radius 1 is 1.11 bits per heavy atom. The summed E-state index contributed by atoms with van der Waals surface area (Å²) in [5.74, 6) is 0.143. The predicted molar refractivity (Wildman–Crippen MR) is 98.6 cm³/mol. The van der Waals surface area contributed by atoms with Crippen molar-refractivity contribution in [2.45, 2.75) is 6.92 Å². The van der Waals surface area contributed by atoms with Crippen molar-refractivity contribution in [3.8, 4) is 11.5 Å². The largest absolute Gasteiger partial charge is 0.493 e. The fourth-order valence-corrected chi connectivity index (χ4v) is 2.61. The first-order valence-electron chi connectivity index (χ1n) is 8.26. The molecule has 8 heteroatoms. The summed E-state index contributed by atoms with van der Waals surface area (Å²) in [4.78, 5) is 29.3. The van der Waals surface area contributed by atoms with Crippen molar-refractivity contribution in [2.24, 2.45) is 0 Å². The number of rotatable bonds is 6. The van der Waals surface area contributed by atoms with E-state index in [9.17, 15) is 9.59 Å². The van der Waals surface area contributed by atoms with E-state index in [1.54, 1.807) is 53.9 Å². The third-order valence-corrected chi connectivity index (χ3v) is 3.88. The Kier molecular flexibility index (Phi) is 5.25. The molecule has 3 rings (SSSR count). The first kappa shape index (κ1) is 18.2. The van der Waals surface area contributed by atoms with Gasteiger partial charge in [0.05, 0.1) is 20.8 Å². The molecule has 2 heterocycles. The third kappa shape index (κ3) is 3.55. The molecule has 0 aliphatic rings. The molecule has 1 amide bonds. The smallest absolute Gasteiger partial charge is 0.360 e. The van der Waals surface area contributed by atoms with Crippen molar-refractivity contribution < 1.29 is 23.8 Å². The molecule has 1 aromatic carbocycles. The van der Waals surface area contributed by atoms with Crippen LogP contribution >= 0.6 is 0 Å². The number of carbonyl (C=O) groups is 2. The fourth-order valence-electron chi connectivity index (χ4n) is 2.61. The minimum atomic E-state index is -0.608. The molecule has 1 N–H and O–H groups in total. The molecule has 140 valence electrons. The first-order valence-corrected chi connectivity index (χ1v) is 8.26. The van der Waals surface area contributed by atoms with Gasteiger partial charge in [-0.25, -0.2) is 9.78 Å². The van der Waals surface area contributed by atoms with Crippen LogP contribution in [0.15, 0.2) is 42.6 Å². The number of hydrogen-bond acceptors (Lipinski definition) is 6. The number of nitrogens with zero attached hydrogens (tertiary/aromatic N) is 2. The number of methoxy groups -OCH3 is 2. The van der Waals surface area contributed by atoms with Crippen LogP contribution in [-0.4, -0.2) is 42.1 Å². The summed E-state index contributed by atoms with van der Waals surface area (Å²) < 4.78 is 17.1. The second-order valence-electron chi connectivity index (χ2n) is 5.48. The normalized spacial score (nSPS) is 10.5. The third-order valence-electron chi connectivity index (χ3n) is 3.88. The van der Waals surface area contributed by atoms with Gasteiger partial charge in [0.1, 0.15) is 5.65 Å². The molecule has 0 saturated heterocycles. The minimum absolute atomic E-state index is 0.0388. The van der Waals surface area contributed by atoms with Crippen molar-refractivity contribution in [1.29, 1.82) is 0 Å². The molecule has 0 saturated carbocycles. The van der Waals surface area contributed by atoms with Crippen LogP contribution in [0.1, 0.15) is 27.8 Å². The van der Waals surface area contributed by atoms with Crippen LogP contribution in [-0.2, 0) is 4.74 Å². The molecular weight excluding hydrogens is 350 g/mol. The van der Waals surface area contributed by atoms with E-state index >= 15 is 0 Å². The van der Waals surface area contributed by atoms with Crippen molar-refractivity contribution in [3.63, 3.8) is 0 Å². The van der Waals surface area contributed by atoms with Crippen LogP contribution in [0.3, 0.4) is 0 Å². The number of carbonyl (C=O) groups excluding carboxylic acids is 2. The summed E-state index contributed by atoms with van der Waals surface area (Å²) >= 11 is 0. The van der Waals surface area contributed by atoms with Crippen LogP contribution in [0.5, 0.6) is 11.5 Å². The van der Waals surface area contributed by atoms with Crippen LogP contribution in [0.25, 0.3) is 5.65 Å². The zero-order chi connectivity index (χ0) is 19.4. The van der Waals surface area contributed by atoms with Gasteiger partial charge in [0.25, 0.3) is 5.91 Å². The lowest BCUT2D eigenvalue weighted by Gasteiger charge is -2.10. The van der Waals surface area contributed by atoms with Crippen molar-refractivity contribution >= 4 is 23.3 Å². The van der Waals surface area contributed by atoms with Gasteiger partial charge in [-0.05, 0) is 37.3 Å². The lowest BCUT2D eigenvalue weighted by molar-refractivity contribution is 0.0521. The Morgan fingerprint density at radius 3 is 2.59 bits per heavy atom. The monoisotopic (exact) mass is 369 g/mol. The number of aromatic nitrogens is 2. The van der Waals surface area contributed by atoms with E-state index in [0.717, 1.165) is 0 Å². The molecule has 0 unspecified atom stereocenters. The van der Waals surface area contributed by atoms with Crippen LogP contribution in [0.4, 0.5) is 5.82 Å². The van der Waals surface area contributed by atoms with Gasteiger partial charge in [-0.15, -0.1) is 0 Å². The molecular formula is C19H19N3O5. The van der Waals surface area contributed by atoms with E-state index in [-0.39, 0.29) is 18.1 Å². The van der Waals surface area contributed by atoms with E-state index < -0.39 is 11.9 Å². The van der Waals surface area contributed by atoms with Gasteiger partial charge in [0.15, 0.2) is 23.0 Å². The molecule has 0 aliphatic carbocycles. The number of nitrogens with one attached hydrogen (secondary N) is 1. The molecule has 0 spiro atoms. The van der Waals surface area contributed by atoms with E-state index in [0.29, 0.717) is 22.7 Å². The topological polar surface area (TPSA) is 91.2 Å². The molecule has 0 atom stereocenters. The molecule has 0 bridgehead atoms. The Bertz CT molecular complexity index is 996. The maximum absolute atomic E-state index is 12.8. The van der Waals surface area contributed by atoms with Gasteiger partial charge in [0, 0.05) is 11.8 Å². The number of benzene rings is 1. The average molecular weight is 369 g/mol. The first-order chi connectivity index (χ1) is 13.1. The van der Waals surface area contributed by atoms with E-state index in [2.05, 4.69) is 10.3 Å². The second kappa shape index (κ2) is 7.77. The Balaban J connectivity index is 1.99. The van der Waals surface area contributed by atoms with E-state index in [4.69, 9.17) is 14.2 Å². The molecule has 0 fully saturated rings. The summed E-state index contributed by atoms with van der Waals surface area (Å²) in [6, 6.07) is 10.1. The molecule has 2 aromatic heterocycles. The van der Waals surface area contributed by atoms with Gasteiger partial charge >= 0.3 is 5.97 Å². The highest BCUT2D eigenvalue weighted by Crippen LogP contribution is 2.28. The number of fused-ring (bicyclic) bond motifs is 1. The van der Waals surface area contributed by atoms with Crippen LogP contribution < -0.4 is 14.8 Å². The second-order valence-corrected chi connectivity index (χ2v) is 5.48. The predicted octanol–water partition coefficient (Wildman–Crippen LogP) is 2.78. The van der Waals surface area contributed by atoms with E-state index in [1.807, 2.05) is 0 Å². The Hall–Kier alpha value is -3.55. The number of esters is 1. The van der Waals surface area contributed by atoms with E-state index in [1.165, 1.54) is 14.2 Å². The number of ether oxygens (including phenoxy) is 3. The summed E-state index contributed by atoms with van der Waals surface area (Å²) in [7, 11) is 3.00. The molecule has 3 aromatic rings. The zero-order valence-electron chi connectivity index (χ0n) is 15.2. The quantitative estimate of drug-likeness (QED) is 0.672. The number of pyridine rings is 1. The standard InChI is InChI=1S/C19H19N3O5/c1-4-27-19(24)16-17(22-10-6-5-7-15(22)20-16)21-18(23)12-8-9-13(25-2)14(11-12)26-3/h5-11H,4H2,1-3H3,(H,21,23). The van der Waals surface area contributed by atoms with Gasteiger partial charge in [0.2, 0.25) is 0 Å². The highest BCUT2D eigenvalue weighted by Gasteiger charge is 2.22. The summed E-state index contributed by atoms with van der Waals surface area (Å²) in [6.45, 7) is 1.91. The number of hydrogen-bond donors (Lipinski definition) is 1. The number of anilines is 1. The van der Waals surface area contributed by atoms with Crippen molar-refractivity contribution in [3.05, 3.63) is 53.9 Å². The number of amides is 1. The van der Waals surface area contributed by atoms with Gasteiger partial charge in [-0.3, -0.25) is 9.20 Å². The highest BCUT2D eigenvalue weighted by atomic mass is 16.5. The summed E-state index contributed by atoms with van der Waals surface area (Å²) in [6.07, 6.45) is 1.70. The SMILES string of the molecule is CCOC(=O)c1nc2ccccn2c1NC(=O)c1ccc(OC)c(OC)c1. The van der Waals surface area contributed by atoms with Gasteiger partial charge < -0.3 is 19.5 Å². The summed E-state index contributed by atoms with van der Waals surface area (Å²) in [5, 5.41) is 2.74. The van der Waals surface area contributed by atoms with Gasteiger partial charge in [-0.2, -0.15) is 0 Å². The Labute approximate surface area is 155 Å². The lowest BCUT2D eigenvalue weighted by atomic mass is 10.2. The van der Waals surface area contributed by atoms with Crippen molar-refractivity contribution in [1.82, 2.24) is 9.38 Å². The average Bonchev–Trinajstić information content (AvgIpc) is 3.06. The maximum Gasteiger partial charge on any atom is 0.360 e. The Morgan fingerprint density at radius 2 is 1.89 bits per heavy atom. The number of imidazole rings is 1. The van der Waals surface area contributed by atoms with Crippen molar-refractivity contribution in [2.75, 3.05) is 26.1 Å². The molecule has 0 radical (unpaired) electrons. The van der Waals surface area contributed by atoms with Crippen LogP contribution in [0.2, 0.25) is 0 Å². The highest BCUT2D eigenvalue weighted by molar-refractivity contribution is 6.07. The zero-order valence-corrected chi connectivity index (χ0v) is 15.2. The van der Waals surface area contributed by atoms with Crippen LogP contribution in [0, 0.1) is 0 Å². The molecule has 8 nitrogen and oxygen atoms in total.